The van der Waals surface area contributed by atoms with Crippen molar-refractivity contribution >= 4 is 34.6 Å². The predicted molar refractivity (Wildman–Crippen MR) is 95.4 cm³/mol. The van der Waals surface area contributed by atoms with Crippen LogP contribution in [-0.4, -0.2) is 29.9 Å². The Labute approximate surface area is 148 Å². The minimum atomic E-state index is -0.728. The summed E-state index contributed by atoms with van der Waals surface area (Å²) in [7, 11) is 1.35. The largest absolute Gasteiger partial charge is 0.494 e. The SMILES string of the molecule is COc1cc([N+](=O)[O-])ccc1NC(=O)C[C@H]1Nc2ccccc2NC1=O. The van der Waals surface area contributed by atoms with Gasteiger partial charge in [0, 0.05) is 6.07 Å². The Morgan fingerprint density at radius 1 is 1.27 bits per heavy atom. The highest BCUT2D eigenvalue weighted by Gasteiger charge is 2.27. The van der Waals surface area contributed by atoms with Crippen LogP contribution in [0.3, 0.4) is 0 Å². The van der Waals surface area contributed by atoms with E-state index in [0.717, 1.165) is 5.69 Å². The van der Waals surface area contributed by atoms with Gasteiger partial charge in [-0.2, -0.15) is 0 Å². The Morgan fingerprint density at radius 2 is 2.00 bits per heavy atom. The van der Waals surface area contributed by atoms with Gasteiger partial charge in [0.1, 0.15) is 11.8 Å². The van der Waals surface area contributed by atoms with E-state index in [0.29, 0.717) is 11.4 Å². The lowest BCUT2D eigenvalue weighted by atomic mass is 10.1. The molecule has 0 fully saturated rings. The number of carbonyl (C=O) groups excluding carboxylic acids is 2. The molecule has 0 aromatic heterocycles. The molecular formula is C17H16N4O5. The normalized spacial score (nSPS) is 15.3. The number of ether oxygens (including phenoxy) is 1. The van der Waals surface area contributed by atoms with Crippen LogP contribution in [-0.2, 0) is 9.59 Å². The molecule has 9 nitrogen and oxygen atoms in total. The number of methoxy groups -OCH3 is 1. The van der Waals surface area contributed by atoms with Gasteiger partial charge < -0.3 is 20.7 Å². The maximum Gasteiger partial charge on any atom is 0.273 e. The summed E-state index contributed by atoms with van der Waals surface area (Å²) in [4.78, 5) is 34.7. The quantitative estimate of drug-likeness (QED) is 0.558. The summed E-state index contributed by atoms with van der Waals surface area (Å²) in [5, 5.41) is 19.2. The third kappa shape index (κ3) is 3.56. The molecule has 9 heteroatoms. The maximum atomic E-state index is 12.3. The van der Waals surface area contributed by atoms with E-state index >= 15 is 0 Å². The van der Waals surface area contributed by atoms with Crippen molar-refractivity contribution in [3.8, 4) is 5.75 Å². The zero-order valence-corrected chi connectivity index (χ0v) is 13.8. The summed E-state index contributed by atoms with van der Waals surface area (Å²) in [5.74, 6) is -0.572. The van der Waals surface area contributed by atoms with E-state index in [9.17, 15) is 19.7 Å². The fourth-order valence-corrected chi connectivity index (χ4v) is 2.62. The van der Waals surface area contributed by atoms with Crippen molar-refractivity contribution in [3.05, 3.63) is 52.6 Å². The molecule has 1 heterocycles. The van der Waals surface area contributed by atoms with Crippen LogP contribution in [0.15, 0.2) is 42.5 Å². The number of nitro groups is 1. The molecule has 134 valence electrons. The second-order valence-corrected chi connectivity index (χ2v) is 5.63. The van der Waals surface area contributed by atoms with E-state index in [2.05, 4.69) is 16.0 Å². The Kier molecular flexibility index (Phi) is 4.70. The lowest BCUT2D eigenvalue weighted by molar-refractivity contribution is -0.384. The molecule has 0 saturated heterocycles. The Balaban J connectivity index is 1.70. The highest BCUT2D eigenvalue weighted by Crippen LogP contribution is 2.30. The van der Waals surface area contributed by atoms with Crippen LogP contribution in [0.2, 0.25) is 0 Å². The van der Waals surface area contributed by atoms with Crippen LogP contribution in [0.1, 0.15) is 6.42 Å². The lowest BCUT2D eigenvalue weighted by Crippen LogP contribution is -2.41. The number of benzene rings is 2. The number of amides is 2. The molecule has 0 saturated carbocycles. The number of hydrogen-bond acceptors (Lipinski definition) is 6. The van der Waals surface area contributed by atoms with Gasteiger partial charge in [0.2, 0.25) is 11.8 Å². The average Bonchev–Trinajstić information content (AvgIpc) is 2.62. The molecular weight excluding hydrogens is 340 g/mol. The Morgan fingerprint density at radius 3 is 2.69 bits per heavy atom. The zero-order chi connectivity index (χ0) is 18.7. The number of anilines is 3. The van der Waals surface area contributed by atoms with Crippen molar-refractivity contribution < 1.29 is 19.2 Å². The van der Waals surface area contributed by atoms with Crippen LogP contribution < -0.4 is 20.7 Å². The first-order valence-corrected chi connectivity index (χ1v) is 7.76. The first-order chi connectivity index (χ1) is 12.5. The number of hydrogen-bond donors (Lipinski definition) is 3. The van der Waals surface area contributed by atoms with Crippen LogP contribution in [0, 0.1) is 10.1 Å². The first kappa shape index (κ1) is 17.2. The fourth-order valence-electron chi connectivity index (χ4n) is 2.62. The minimum Gasteiger partial charge on any atom is -0.494 e. The van der Waals surface area contributed by atoms with Crippen molar-refractivity contribution in [1.29, 1.82) is 0 Å². The third-order valence-electron chi connectivity index (χ3n) is 3.89. The zero-order valence-electron chi connectivity index (χ0n) is 13.8. The van der Waals surface area contributed by atoms with Gasteiger partial charge in [-0.1, -0.05) is 12.1 Å². The highest BCUT2D eigenvalue weighted by atomic mass is 16.6. The summed E-state index contributed by atoms with van der Waals surface area (Å²) in [6.07, 6.45) is -0.111. The number of para-hydroxylation sites is 2. The number of nitro benzene ring substituents is 1. The van der Waals surface area contributed by atoms with Crippen LogP contribution in [0.4, 0.5) is 22.7 Å². The maximum absolute atomic E-state index is 12.3. The van der Waals surface area contributed by atoms with Gasteiger partial charge in [-0.15, -0.1) is 0 Å². The van der Waals surface area contributed by atoms with Crippen molar-refractivity contribution in [1.82, 2.24) is 0 Å². The number of rotatable bonds is 5. The summed E-state index contributed by atoms with van der Waals surface area (Å²) in [5.41, 5.74) is 1.54. The molecule has 0 bridgehead atoms. The van der Waals surface area contributed by atoms with Crippen molar-refractivity contribution in [3.63, 3.8) is 0 Å². The number of nitrogens with zero attached hydrogens (tertiary/aromatic N) is 1. The van der Waals surface area contributed by atoms with E-state index in [-0.39, 0.29) is 23.8 Å². The highest BCUT2D eigenvalue weighted by molar-refractivity contribution is 6.06. The standard InChI is InChI=1S/C17H16N4O5/c1-26-15-8-10(21(24)25)6-7-13(15)19-16(22)9-14-17(23)20-12-5-3-2-4-11(12)18-14/h2-8,14,18H,9H2,1H3,(H,19,22)(H,20,23)/t14-/m1/s1. The molecule has 2 aromatic rings. The van der Waals surface area contributed by atoms with E-state index in [1.54, 1.807) is 18.2 Å². The van der Waals surface area contributed by atoms with Crippen LogP contribution >= 0.6 is 0 Å². The van der Waals surface area contributed by atoms with Crippen LogP contribution in [0.25, 0.3) is 0 Å². The van der Waals surface area contributed by atoms with Gasteiger partial charge in [0.15, 0.2) is 0 Å². The summed E-state index contributed by atoms with van der Waals surface area (Å²) in [6.45, 7) is 0. The Hall–Kier alpha value is -3.62. The topological polar surface area (TPSA) is 123 Å². The number of fused-ring (bicyclic) bond motifs is 1. The van der Waals surface area contributed by atoms with Crippen molar-refractivity contribution in [2.45, 2.75) is 12.5 Å². The van der Waals surface area contributed by atoms with Gasteiger partial charge in [-0.3, -0.25) is 19.7 Å². The molecule has 0 spiro atoms. The van der Waals surface area contributed by atoms with Gasteiger partial charge in [-0.25, -0.2) is 0 Å². The molecule has 26 heavy (non-hydrogen) atoms. The summed E-state index contributed by atoms with van der Waals surface area (Å²) < 4.78 is 5.08. The second kappa shape index (κ2) is 7.09. The lowest BCUT2D eigenvalue weighted by Gasteiger charge is -2.26. The van der Waals surface area contributed by atoms with Gasteiger partial charge in [-0.05, 0) is 18.2 Å². The van der Waals surface area contributed by atoms with Crippen LogP contribution in [0.5, 0.6) is 5.75 Å². The fraction of sp³-hybridized carbons (Fsp3) is 0.176. The molecule has 0 radical (unpaired) electrons. The molecule has 0 unspecified atom stereocenters. The summed E-state index contributed by atoms with van der Waals surface area (Å²) >= 11 is 0. The summed E-state index contributed by atoms with van der Waals surface area (Å²) in [6, 6.07) is 10.3. The molecule has 2 amide bonds. The number of nitrogens with one attached hydrogen (secondary N) is 3. The molecule has 3 rings (SSSR count). The molecule has 1 aliphatic heterocycles. The first-order valence-electron chi connectivity index (χ1n) is 7.76. The number of non-ortho nitro benzene ring substituents is 1. The smallest absolute Gasteiger partial charge is 0.273 e. The molecule has 0 aliphatic carbocycles. The third-order valence-corrected chi connectivity index (χ3v) is 3.89. The van der Waals surface area contributed by atoms with Gasteiger partial charge in [0.25, 0.3) is 5.69 Å². The van der Waals surface area contributed by atoms with Crippen molar-refractivity contribution in [2.75, 3.05) is 23.1 Å². The van der Waals surface area contributed by atoms with E-state index in [1.165, 1.54) is 25.3 Å². The van der Waals surface area contributed by atoms with E-state index in [4.69, 9.17) is 4.74 Å². The molecule has 3 N–H and O–H groups in total. The molecule has 1 atom stereocenters. The number of carbonyl (C=O) groups is 2. The monoisotopic (exact) mass is 356 g/mol. The van der Waals surface area contributed by atoms with Crippen molar-refractivity contribution in [2.24, 2.45) is 0 Å². The van der Waals surface area contributed by atoms with E-state index in [1.807, 2.05) is 6.07 Å². The molecule has 1 aliphatic rings. The second-order valence-electron chi connectivity index (χ2n) is 5.63. The predicted octanol–water partition coefficient (Wildman–Crippen LogP) is 2.36. The minimum absolute atomic E-state index is 0.111. The molecule has 2 aromatic carbocycles. The van der Waals surface area contributed by atoms with E-state index < -0.39 is 16.9 Å². The van der Waals surface area contributed by atoms with Gasteiger partial charge in [0.05, 0.1) is 41.6 Å². The average molecular weight is 356 g/mol. The Bertz CT molecular complexity index is 883. The van der Waals surface area contributed by atoms with Gasteiger partial charge >= 0.3 is 0 Å².